The standard InChI is InChI=1S/C22H13BrS/c23-15-8-10-18-16-4-1-2-5-17(16)20-12-14(22-6-3-11-24-22)7-9-19(20)21(18)13-15/h1-13H. The summed E-state index contributed by atoms with van der Waals surface area (Å²) in [4.78, 5) is 1.32. The van der Waals surface area contributed by atoms with Gasteiger partial charge in [0.05, 0.1) is 0 Å². The van der Waals surface area contributed by atoms with E-state index in [-0.39, 0.29) is 0 Å². The van der Waals surface area contributed by atoms with Crippen LogP contribution >= 0.6 is 27.3 Å². The van der Waals surface area contributed by atoms with Gasteiger partial charge in [-0.3, -0.25) is 0 Å². The average molecular weight is 389 g/mol. The van der Waals surface area contributed by atoms with E-state index in [1.165, 1.54) is 42.8 Å². The molecule has 0 bridgehead atoms. The molecule has 2 heteroatoms. The third-order valence-corrected chi connectivity index (χ3v) is 6.02. The number of hydrogen-bond donors (Lipinski definition) is 0. The highest BCUT2D eigenvalue weighted by atomic mass is 79.9. The second-order valence-electron chi connectivity index (χ2n) is 5.97. The molecule has 4 aromatic carbocycles. The van der Waals surface area contributed by atoms with Crippen LogP contribution in [0.2, 0.25) is 0 Å². The van der Waals surface area contributed by atoms with Crippen molar-refractivity contribution in [2.75, 3.05) is 0 Å². The molecule has 0 spiro atoms. The second kappa shape index (κ2) is 5.44. The summed E-state index contributed by atoms with van der Waals surface area (Å²) >= 11 is 5.42. The van der Waals surface area contributed by atoms with Gasteiger partial charge < -0.3 is 0 Å². The Labute approximate surface area is 152 Å². The van der Waals surface area contributed by atoms with Crippen LogP contribution in [0.5, 0.6) is 0 Å². The van der Waals surface area contributed by atoms with Gasteiger partial charge in [0.15, 0.2) is 0 Å². The third kappa shape index (κ3) is 2.10. The lowest BCUT2D eigenvalue weighted by atomic mass is 9.93. The summed E-state index contributed by atoms with van der Waals surface area (Å²) in [7, 11) is 0. The molecule has 1 aromatic heterocycles. The lowest BCUT2D eigenvalue weighted by Crippen LogP contribution is -1.84. The normalized spacial score (nSPS) is 11.5. The molecule has 0 atom stereocenters. The van der Waals surface area contributed by atoms with E-state index in [0.29, 0.717) is 0 Å². The van der Waals surface area contributed by atoms with Gasteiger partial charge in [0.1, 0.15) is 0 Å². The summed E-state index contributed by atoms with van der Waals surface area (Å²) in [5, 5.41) is 10.0. The molecule has 0 N–H and O–H groups in total. The van der Waals surface area contributed by atoms with Crippen molar-refractivity contribution in [1.29, 1.82) is 0 Å². The Morgan fingerprint density at radius 3 is 2.04 bits per heavy atom. The number of rotatable bonds is 1. The number of hydrogen-bond acceptors (Lipinski definition) is 1. The fourth-order valence-electron chi connectivity index (χ4n) is 3.53. The molecule has 0 saturated carbocycles. The van der Waals surface area contributed by atoms with E-state index in [1.807, 2.05) is 0 Å². The number of benzene rings is 4. The van der Waals surface area contributed by atoms with E-state index in [0.717, 1.165) is 4.47 Å². The molecular formula is C22H13BrS. The van der Waals surface area contributed by atoms with Gasteiger partial charge >= 0.3 is 0 Å². The monoisotopic (exact) mass is 388 g/mol. The molecule has 0 aliphatic carbocycles. The first-order valence-electron chi connectivity index (χ1n) is 7.89. The van der Waals surface area contributed by atoms with E-state index in [1.54, 1.807) is 11.3 Å². The molecule has 0 radical (unpaired) electrons. The predicted molar refractivity (Wildman–Crippen MR) is 110 cm³/mol. The Bertz CT molecular complexity index is 1200. The zero-order chi connectivity index (χ0) is 16.1. The minimum absolute atomic E-state index is 1.12. The Balaban J connectivity index is 2.00. The number of thiophene rings is 1. The van der Waals surface area contributed by atoms with Crippen molar-refractivity contribution in [3.63, 3.8) is 0 Å². The van der Waals surface area contributed by atoms with E-state index in [9.17, 15) is 0 Å². The van der Waals surface area contributed by atoms with Gasteiger partial charge in [-0.25, -0.2) is 0 Å². The van der Waals surface area contributed by atoms with E-state index in [4.69, 9.17) is 0 Å². The maximum absolute atomic E-state index is 3.63. The smallest absolute Gasteiger partial charge is 0.0342 e. The zero-order valence-corrected chi connectivity index (χ0v) is 15.2. The van der Waals surface area contributed by atoms with Crippen LogP contribution in [0.1, 0.15) is 0 Å². The number of halogens is 1. The molecule has 0 aliphatic rings. The van der Waals surface area contributed by atoms with Gasteiger partial charge in [-0.1, -0.05) is 64.5 Å². The predicted octanol–water partition coefficient (Wildman–Crippen LogP) is 7.64. The first kappa shape index (κ1) is 14.2. The summed E-state index contributed by atoms with van der Waals surface area (Å²) < 4.78 is 1.12. The molecule has 0 aliphatic heterocycles. The lowest BCUT2D eigenvalue weighted by molar-refractivity contribution is 1.73. The van der Waals surface area contributed by atoms with Gasteiger partial charge in [0.25, 0.3) is 0 Å². The van der Waals surface area contributed by atoms with Crippen LogP contribution < -0.4 is 0 Å². The van der Waals surface area contributed by atoms with Crippen LogP contribution in [-0.2, 0) is 0 Å². The van der Waals surface area contributed by atoms with Crippen molar-refractivity contribution in [3.8, 4) is 10.4 Å². The van der Waals surface area contributed by atoms with Crippen molar-refractivity contribution in [2.24, 2.45) is 0 Å². The van der Waals surface area contributed by atoms with Crippen LogP contribution in [0.3, 0.4) is 0 Å². The summed E-state index contributed by atoms with van der Waals surface area (Å²) in [6.07, 6.45) is 0. The quantitative estimate of drug-likeness (QED) is 0.259. The van der Waals surface area contributed by atoms with Crippen LogP contribution in [0.4, 0.5) is 0 Å². The van der Waals surface area contributed by atoms with E-state index in [2.05, 4.69) is 94.1 Å². The van der Waals surface area contributed by atoms with E-state index < -0.39 is 0 Å². The van der Waals surface area contributed by atoms with Gasteiger partial charge in [-0.05, 0) is 67.5 Å². The van der Waals surface area contributed by atoms with E-state index >= 15 is 0 Å². The largest absolute Gasteiger partial charge is 0.144 e. The molecule has 0 nitrogen and oxygen atoms in total. The molecule has 0 unspecified atom stereocenters. The first-order chi connectivity index (χ1) is 11.8. The molecule has 0 saturated heterocycles. The highest BCUT2D eigenvalue weighted by Gasteiger charge is 2.10. The molecule has 5 aromatic rings. The van der Waals surface area contributed by atoms with Crippen molar-refractivity contribution in [2.45, 2.75) is 0 Å². The first-order valence-corrected chi connectivity index (χ1v) is 9.56. The third-order valence-electron chi connectivity index (χ3n) is 4.60. The molecule has 0 amide bonds. The zero-order valence-electron chi connectivity index (χ0n) is 12.8. The van der Waals surface area contributed by atoms with Gasteiger partial charge in [-0.2, -0.15) is 0 Å². The summed E-state index contributed by atoms with van der Waals surface area (Å²) in [5.41, 5.74) is 1.29. The SMILES string of the molecule is Brc1ccc2c3ccccc3c3cc(-c4cccs4)ccc3c2c1. The topological polar surface area (TPSA) is 0 Å². The van der Waals surface area contributed by atoms with Crippen LogP contribution in [0, 0.1) is 0 Å². The van der Waals surface area contributed by atoms with Crippen LogP contribution in [0.25, 0.3) is 42.8 Å². The Kier molecular flexibility index (Phi) is 3.22. The number of fused-ring (bicyclic) bond motifs is 6. The Morgan fingerprint density at radius 2 is 1.25 bits per heavy atom. The summed E-state index contributed by atoms with van der Waals surface area (Å²) in [5.74, 6) is 0. The van der Waals surface area contributed by atoms with Gasteiger partial charge in [-0.15, -0.1) is 11.3 Å². The van der Waals surface area contributed by atoms with Crippen LogP contribution in [0.15, 0.2) is 82.6 Å². The summed E-state index contributed by atoms with van der Waals surface area (Å²) in [6.45, 7) is 0. The molecule has 24 heavy (non-hydrogen) atoms. The van der Waals surface area contributed by atoms with Crippen molar-refractivity contribution < 1.29 is 0 Å². The van der Waals surface area contributed by atoms with Crippen molar-refractivity contribution >= 4 is 59.6 Å². The highest BCUT2D eigenvalue weighted by molar-refractivity contribution is 9.10. The van der Waals surface area contributed by atoms with Gasteiger partial charge in [0.2, 0.25) is 0 Å². The maximum atomic E-state index is 3.63. The minimum atomic E-state index is 1.12. The molecular weight excluding hydrogens is 376 g/mol. The lowest BCUT2D eigenvalue weighted by Gasteiger charge is -2.12. The fourth-order valence-corrected chi connectivity index (χ4v) is 4.61. The summed E-state index contributed by atoms with van der Waals surface area (Å²) in [6, 6.07) is 26.4. The molecule has 1 heterocycles. The van der Waals surface area contributed by atoms with Gasteiger partial charge in [0, 0.05) is 9.35 Å². The Morgan fingerprint density at radius 1 is 0.583 bits per heavy atom. The molecule has 114 valence electrons. The van der Waals surface area contributed by atoms with Crippen LogP contribution in [-0.4, -0.2) is 0 Å². The molecule has 5 rings (SSSR count). The Hall–Kier alpha value is -2.16. The van der Waals surface area contributed by atoms with Crippen molar-refractivity contribution in [3.05, 3.63) is 82.6 Å². The minimum Gasteiger partial charge on any atom is -0.144 e. The maximum Gasteiger partial charge on any atom is 0.0342 e. The fraction of sp³-hybridized carbons (Fsp3) is 0. The second-order valence-corrected chi connectivity index (χ2v) is 7.84. The molecule has 0 fully saturated rings. The average Bonchev–Trinajstić information content (AvgIpc) is 3.16. The van der Waals surface area contributed by atoms with Crippen molar-refractivity contribution in [1.82, 2.24) is 0 Å². The highest BCUT2D eigenvalue weighted by Crippen LogP contribution is 2.38.